The van der Waals surface area contributed by atoms with E-state index < -0.39 is 0 Å². The largest absolute Gasteiger partial charge is 0.312 e. The van der Waals surface area contributed by atoms with Crippen LogP contribution in [-0.4, -0.2) is 22.2 Å². The highest BCUT2D eigenvalue weighted by Crippen LogP contribution is 2.26. The maximum atomic E-state index is 12.9. The zero-order valence-corrected chi connectivity index (χ0v) is 14.6. The van der Waals surface area contributed by atoms with E-state index in [-0.39, 0.29) is 11.3 Å². The zero-order valence-electron chi connectivity index (χ0n) is 14.6. The number of aryl methyl sites for hydroxylation is 2. The maximum Gasteiger partial charge on any atom is 0.228 e. The van der Waals surface area contributed by atoms with Crippen LogP contribution in [0, 0.1) is 0 Å². The Balaban J connectivity index is 1.57. The van der Waals surface area contributed by atoms with Crippen molar-refractivity contribution in [2.45, 2.75) is 32.2 Å². The second kappa shape index (κ2) is 7.12. The lowest BCUT2D eigenvalue weighted by molar-refractivity contribution is -0.118. The summed E-state index contributed by atoms with van der Waals surface area (Å²) < 4.78 is 1.75. The number of carbonyl (C=O) groups excluding carboxylic acids is 1. The van der Waals surface area contributed by atoms with E-state index in [9.17, 15) is 9.59 Å². The van der Waals surface area contributed by atoms with Gasteiger partial charge in [0.25, 0.3) is 0 Å². The fourth-order valence-electron chi connectivity index (χ4n) is 3.63. The summed E-state index contributed by atoms with van der Waals surface area (Å²) in [5, 5.41) is 4.85. The summed E-state index contributed by atoms with van der Waals surface area (Å²) >= 11 is 0. The van der Waals surface area contributed by atoms with E-state index in [0.29, 0.717) is 18.4 Å². The lowest BCUT2D eigenvalue weighted by atomic mass is 10.1. The first kappa shape index (κ1) is 16.5. The van der Waals surface area contributed by atoms with Gasteiger partial charge in [0, 0.05) is 24.0 Å². The molecule has 3 aromatic rings. The van der Waals surface area contributed by atoms with E-state index in [1.54, 1.807) is 10.7 Å². The van der Waals surface area contributed by atoms with Gasteiger partial charge in [-0.3, -0.25) is 14.3 Å². The number of hydrogen-bond donors (Lipinski definition) is 0. The van der Waals surface area contributed by atoms with Gasteiger partial charge in [0.1, 0.15) is 0 Å². The Morgan fingerprint density at radius 3 is 2.77 bits per heavy atom. The van der Waals surface area contributed by atoms with Crippen molar-refractivity contribution in [3.05, 3.63) is 70.5 Å². The molecule has 0 saturated carbocycles. The first-order valence-corrected chi connectivity index (χ1v) is 9.07. The molecule has 0 N–H and O–H groups in total. The molecule has 1 aromatic heterocycles. The van der Waals surface area contributed by atoms with Crippen LogP contribution in [-0.2, 0) is 17.8 Å². The highest BCUT2D eigenvalue weighted by molar-refractivity contribution is 5.94. The number of aromatic nitrogens is 2. The number of rotatable bonds is 3. The molecule has 4 rings (SSSR count). The number of amides is 1. The monoisotopic (exact) mass is 347 g/mol. The number of anilines is 1. The Bertz CT molecular complexity index is 1010. The summed E-state index contributed by atoms with van der Waals surface area (Å²) in [4.78, 5) is 26.8. The molecule has 0 fully saturated rings. The molecule has 0 radical (unpaired) electrons. The van der Waals surface area contributed by atoms with E-state index in [0.717, 1.165) is 37.0 Å². The Morgan fingerprint density at radius 2 is 1.85 bits per heavy atom. The second-order valence-corrected chi connectivity index (χ2v) is 6.63. The Morgan fingerprint density at radius 1 is 1.04 bits per heavy atom. The van der Waals surface area contributed by atoms with Gasteiger partial charge in [-0.05, 0) is 43.0 Å². The van der Waals surface area contributed by atoms with Gasteiger partial charge in [-0.25, -0.2) is 0 Å². The van der Waals surface area contributed by atoms with Crippen molar-refractivity contribution in [2.24, 2.45) is 0 Å². The van der Waals surface area contributed by atoms with Gasteiger partial charge in [0.2, 0.25) is 11.3 Å². The van der Waals surface area contributed by atoms with Gasteiger partial charge in [0.15, 0.2) is 0 Å². The SMILES string of the molecule is O=C(CCn1ncc(=O)c2ccccc21)N1CCCCc2ccccc21. The lowest BCUT2D eigenvalue weighted by Gasteiger charge is -2.23. The molecule has 0 aliphatic carbocycles. The molecule has 1 amide bonds. The third kappa shape index (κ3) is 3.12. The van der Waals surface area contributed by atoms with Crippen LogP contribution in [0.15, 0.2) is 59.5 Å². The van der Waals surface area contributed by atoms with Crippen molar-refractivity contribution in [3.8, 4) is 0 Å². The van der Waals surface area contributed by atoms with Gasteiger partial charge in [-0.15, -0.1) is 0 Å². The molecule has 0 atom stereocenters. The van der Waals surface area contributed by atoms with Crippen LogP contribution in [0.25, 0.3) is 10.9 Å². The third-order valence-corrected chi connectivity index (χ3v) is 4.96. The van der Waals surface area contributed by atoms with Crippen LogP contribution in [0.3, 0.4) is 0 Å². The third-order valence-electron chi connectivity index (χ3n) is 4.96. The van der Waals surface area contributed by atoms with Crippen LogP contribution in [0.5, 0.6) is 0 Å². The van der Waals surface area contributed by atoms with E-state index >= 15 is 0 Å². The molecule has 1 aliphatic rings. The van der Waals surface area contributed by atoms with Crippen molar-refractivity contribution >= 4 is 22.5 Å². The van der Waals surface area contributed by atoms with Crippen molar-refractivity contribution in [2.75, 3.05) is 11.4 Å². The minimum atomic E-state index is -0.0929. The first-order chi connectivity index (χ1) is 12.7. The molecule has 0 bridgehead atoms. The quantitative estimate of drug-likeness (QED) is 0.731. The van der Waals surface area contributed by atoms with Crippen LogP contribution < -0.4 is 10.3 Å². The topological polar surface area (TPSA) is 55.2 Å². The summed E-state index contributed by atoms with van der Waals surface area (Å²) in [6.45, 7) is 1.21. The summed E-state index contributed by atoms with van der Waals surface area (Å²) in [5.41, 5.74) is 2.95. The number of hydrogen-bond acceptors (Lipinski definition) is 3. The van der Waals surface area contributed by atoms with Crippen molar-refractivity contribution in [1.82, 2.24) is 9.78 Å². The zero-order chi connectivity index (χ0) is 17.9. The number of fused-ring (bicyclic) bond motifs is 2. The fraction of sp³-hybridized carbons (Fsp3) is 0.286. The van der Waals surface area contributed by atoms with Gasteiger partial charge < -0.3 is 4.90 Å². The number of carbonyl (C=O) groups is 1. The number of benzene rings is 2. The Hall–Kier alpha value is -2.95. The molecule has 132 valence electrons. The second-order valence-electron chi connectivity index (χ2n) is 6.63. The summed E-state index contributed by atoms with van der Waals surface area (Å²) in [5.74, 6) is 0.101. The Kier molecular flexibility index (Phi) is 4.52. The molecule has 0 unspecified atom stereocenters. The number of nitrogens with zero attached hydrogens (tertiary/aromatic N) is 3. The molecular weight excluding hydrogens is 326 g/mol. The lowest BCUT2D eigenvalue weighted by Crippen LogP contribution is -2.32. The van der Waals surface area contributed by atoms with Crippen LogP contribution >= 0.6 is 0 Å². The van der Waals surface area contributed by atoms with Gasteiger partial charge in [-0.2, -0.15) is 5.10 Å². The summed E-state index contributed by atoms with van der Waals surface area (Å²) in [6.07, 6.45) is 4.82. The van der Waals surface area contributed by atoms with E-state index in [4.69, 9.17) is 0 Å². The molecule has 26 heavy (non-hydrogen) atoms. The standard InChI is InChI=1S/C21H21N3O2/c25-20-15-22-24(19-11-4-2-9-17(19)20)14-12-21(26)23-13-6-5-8-16-7-1-3-10-18(16)23/h1-4,7,9-11,15H,5-6,8,12-14H2. The average Bonchev–Trinajstić information content (AvgIpc) is 2.90. The minimum absolute atomic E-state index is 0.0929. The van der Waals surface area contributed by atoms with Crippen LogP contribution in [0.2, 0.25) is 0 Å². The minimum Gasteiger partial charge on any atom is -0.312 e. The summed E-state index contributed by atoms with van der Waals surface area (Å²) in [7, 11) is 0. The predicted molar refractivity (Wildman–Crippen MR) is 102 cm³/mol. The maximum absolute atomic E-state index is 12.9. The highest BCUT2D eigenvalue weighted by Gasteiger charge is 2.20. The molecule has 5 heteroatoms. The first-order valence-electron chi connectivity index (χ1n) is 9.07. The number of para-hydroxylation sites is 2. The van der Waals surface area contributed by atoms with E-state index in [1.807, 2.05) is 41.3 Å². The summed E-state index contributed by atoms with van der Waals surface area (Å²) in [6, 6.07) is 15.5. The highest BCUT2D eigenvalue weighted by atomic mass is 16.2. The van der Waals surface area contributed by atoms with E-state index in [1.165, 1.54) is 11.8 Å². The normalized spacial score (nSPS) is 14.1. The molecule has 0 spiro atoms. The van der Waals surface area contributed by atoms with Crippen molar-refractivity contribution in [3.63, 3.8) is 0 Å². The van der Waals surface area contributed by atoms with Crippen molar-refractivity contribution in [1.29, 1.82) is 0 Å². The molecular formula is C21H21N3O2. The molecule has 2 heterocycles. The molecule has 1 aliphatic heterocycles. The van der Waals surface area contributed by atoms with E-state index in [2.05, 4.69) is 11.2 Å². The predicted octanol–water partition coefficient (Wildman–Crippen LogP) is 3.16. The smallest absolute Gasteiger partial charge is 0.228 e. The van der Waals surface area contributed by atoms with Gasteiger partial charge in [0.05, 0.1) is 18.3 Å². The van der Waals surface area contributed by atoms with Crippen molar-refractivity contribution < 1.29 is 4.79 Å². The van der Waals surface area contributed by atoms with Crippen LogP contribution in [0.1, 0.15) is 24.8 Å². The van der Waals surface area contributed by atoms with Gasteiger partial charge in [-0.1, -0.05) is 30.3 Å². The fourth-order valence-corrected chi connectivity index (χ4v) is 3.63. The Labute approximate surface area is 151 Å². The average molecular weight is 347 g/mol. The molecule has 0 saturated heterocycles. The molecule has 2 aromatic carbocycles. The molecule has 5 nitrogen and oxygen atoms in total. The van der Waals surface area contributed by atoms with Gasteiger partial charge >= 0.3 is 0 Å². The van der Waals surface area contributed by atoms with Crippen LogP contribution in [0.4, 0.5) is 5.69 Å².